The van der Waals surface area contributed by atoms with E-state index >= 15 is 0 Å². The first-order valence-electron chi connectivity index (χ1n) is 9.33. The maximum atomic E-state index is 14.4. The quantitative estimate of drug-likeness (QED) is 0.644. The van der Waals surface area contributed by atoms with Crippen LogP contribution in [-0.4, -0.2) is 29.0 Å². The van der Waals surface area contributed by atoms with Gasteiger partial charge in [-0.15, -0.1) is 0 Å². The fourth-order valence-corrected chi connectivity index (χ4v) is 3.20. The Morgan fingerprint density at radius 2 is 1.93 bits per heavy atom. The number of halogens is 4. The van der Waals surface area contributed by atoms with Gasteiger partial charge in [-0.2, -0.15) is 9.97 Å². The fraction of sp³-hybridized carbons (Fsp3) is 0.421. The van der Waals surface area contributed by atoms with E-state index in [-0.39, 0.29) is 34.8 Å². The van der Waals surface area contributed by atoms with Crippen molar-refractivity contribution in [1.82, 2.24) is 15.4 Å². The van der Waals surface area contributed by atoms with Crippen LogP contribution in [0, 0.1) is 23.4 Å². The zero-order valence-corrected chi connectivity index (χ0v) is 16.8. The van der Waals surface area contributed by atoms with Crippen LogP contribution in [0.4, 0.5) is 24.9 Å². The van der Waals surface area contributed by atoms with Crippen molar-refractivity contribution in [3.8, 4) is 11.1 Å². The molecule has 2 heterocycles. The third kappa shape index (κ3) is 4.72. The zero-order valence-electron chi connectivity index (χ0n) is 16.0. The predicted octanol–water partition coefficient (Wildman–Crippen LogP) is 4.30. The lowest BCUT2D eigenvalue weighted by Gasteiger charge is -2.20. The minimum atomic E-state index is -1.11. The summed E-state index contributed by atoms with van der Waals surface area (Å²) in [5.41, 5.74) is 1.97. The number of nitrogens with zero attached hydrogens (tertiary/aromatic N) is 3. The number of anilines is 2. The summed E-state index contributed by atoms with van der Waals surface area (Å²) in [6, 6.07) is 1.15. The molecule has 0 spiro atoms. The summed E-state index contributed by atoms with van der Waals surface area (Å²) in [4.78, 5) is 19.9. The summed E-state index contributed by atoms with van der Waals surface area (Å²) < 4.78 is 42.2. The van der Waals surface area contributed by atoms with Gasteiger partial charge in [0.25, 0.3) is 0 Å². The average molecular weight is 428 g/mol. The molecule has 6 nitrogen and oxygen atoms in total. The molecule has 0 aliphatic carbocycles. The highest BCUT2D eigenvalue weighted by atomic mass is 35.5. The van der Waals surface area contributed by atoms with Gasteiger partial charge in [0.05, 0.1) is 17.7 Å². The van der Waals surface area contributed by atoms with Gasteiger partial charge >= 0.3 is 0 Å². The van der Waals surface area contributed by atoms with Crippen LogP contribution >= 0.6 is 11.6 Å². The van der Waals surface area contributed by atoms with Gasteiger partial charge in [-0.05, 0) is 12.3 Å². The van der Waals surface area contributed by atoms with E-state index in [2.05, 4.69) is 34.6 Å². The van der Waals surface area contributed by atoms with Crippen LogP contribution in [-0.2, 0) is 4.79 Å². The number of hydrogen-bond acceptors (Lipinski definition) is 5. The highest BCUT2D eigenvalue weighted by Crippen LogP contribution is 2.38. The molecule has 3 rings (SSSR count). The number of carbonyl (C=O) groups excluding carboxylic acids is 1. The molecule has 1 aromatic carbocycles. The molecule has 0 radical (unpaired) electrons. The Labute approximate surface area is 171 Å². The number of nitrogens with one attached hydrogen (secondary N) is 2. The first-order chi connectivity index (χ1) is 13.8. The SMILES string of the molecule is CCC(C)CCNc1nc(N2CCC(=O)N2)nc(Cl)c1-c1c(F)cc(F)cc1F. The lowest BCUT2D eigenvalue weighted by atomic mass is 10.0. The minimum Gasteiger partial charge on any atom is -0.369 e. The maximum Gasteiger partial charge on any atom is 0.247 e. The summed E-state index contributed by atoms with van der Waals surface area (Å²) in [6.45, 7) is 4.96. The molecule has 0 bridgehead atoms. The highest BCUT2D eigenvalue weighted by molar-refractivity contribution is 6.32. The lowest BCUT2D eigenvalue weighted by Crippen LogP contribution is -2.34. The Kier molecular flexibility index (Phi) is 6.46. The first kappa shape index (κ1) is 21.2. The molecule has 0 saturated carbocycles. The van der Waals surface area contributed by atoms with Crippen LogP contribution in [0.25, 0.3) is 11.1 Å². The summed E-state index contributed by atoms with van der Waals surface area (Å²) >= 11 is 6.28. The number of benzene rings is 1. The fourth-order valence-electron chi connectivity index (χ4n) is 2.94. The second kappa shape index (κ2) is 8.86. The van der Waals surface area contributed by atoms with Gasteiger partial charge in [-0.3, -0.25) is 15.2 Å². The third-order valence-corrected chi connectivity index (χ3v) is 5.07. The molecule has 1 fully saturated rings. The molecule has 1 aliphatic heterocycles. The zero-order chi connectivity index (χ0) is 21.1. The Morgan fingerprint density at radius 3 is 2.52 bits per heavy atom. The summed E-state index contributed by atoms with van der Waals surface area (Å²) in [5.74, 6) is -2.83. The molecule has 1 aliphatic rings. The molecule has 2 aromatic rings. The molecule has 1 atom stereocenters. The number of hydrazine groups is 1. The van der Waals surface area contributed by atoms with Crippen molar-refractivity contribution in [2.24, 2.45) is 5.92 Å². The second-order valence-corrected chi connectivity index (χ2v) is 7.31. The van der Waals surface area contributed by atoms with E-state index in [1.807, 2.05) is 0 Å². The maximum absolute atomic E-state index is 14.4. The van der Waals surface area contributed by atoms with E-state index in [1.54, 1.807) is 0 Å². The van der Waals surface area contributed by atoms with E-state index in [0.29, 0.717) is 31.1 Å². The Morgan fingerprint density at radius 1 is 1.24 bits per heavy atom. The highest BCUT2D eigenvalue weighted by Gasteiger charge is 2.26. The Balaban J connectivity index is 2.05. The topological polar surface area (TPSA) is 70.2 Å². The minimum absolute atomic E-state index is 0.0959. The van der Waals surface area contributed by atoms with Crippen LogP contribution in [0.5, 0.6) is 0 Å². The van der Waals surface area contributed by atoms with E-state index in [4.69, 9.17) is 11.6 Å². The van der Waals surface area contributed by atoms with Crippen LogP contribution in [0.15, 0.2) is 12.1 Å². The summed E-state index contributed by atoms with van der Waals surface area (Å²) in [5, 5.41) is 4.26. The normalized spacial score (nSPS) is 14.8. The van der Waals surface area contributed by atoms with Crippen molar-refractivity contribution in [3.05, 3.63) is 34.7 Å². The van der Waals surface area contributed by atoms with Gasteiger partial charge in [0.15, 0.2) is 0 Å². The van der Waals surface area contributed by atoms with Gasteiger partial charge in [0.1, 0.15) is 28.4 Å². The largest absolute Gasteiger partial charge is 0.369 e. The molecule has 1 unspecified atom stereocenters. The lowest BCUT2D eigenvalue weighted by molar-refractivity contribution is -0.119. The molecule has 2 N–H and O–H groups in total. The van der Waals surface area contributed by atoms with E-state index < -0.39 is 23.0 Å². The Hall–Kier alpha value is -2.55. The van der Waals surface area contributed by atoms with E-state index in [9.17, 15) is 18.0 Å². The van der Waals surface area contributed by atoms with Crippen molar-refractivity contribution >= 4 is 29.3 Å². The average Bonchev–Trinajstić information content (AvgIpc) is 3.09. The van der Waals surface area contributed by atoms with Crippen molar-refractivity contribution in [2.75, 3.05) is 23.4 Å². The van der Waals surface area contributed by atoms with Crippen LogP contribution in [0.3, 0.4) is 0 Å². The van der Waals surface area contributed by atoms with Crippen LogP contribution in [0.1, 0.15) is 33.1 Å². The number of hydrogen-bond donors (Lipinski definition) is 2. The molecular weight excluding hydrogens is 407 g/mol. The second-order valence-electron chi connectivity index (χ2n) is 6.95. The predicted molar refractivity (Wildman–Crippen MR) is 105 cm³/mol. The number of carbonyl (C=O) groups is 1. The van der Waals surface area contributed by atoms with E-state index in [1.165, 1.54) is 5.01 Å². The number of amides is 1. The standard InChI is InChI=1S/C19H21ClF3N5O/c1-3-10(2)4-6-24-18-16(15-12(22)8-11(21)9-13(15)23)17(20)25-19(26-18)28-7-5-14(29)27-28/h8-10H,3-7H2,1-2H3,(H,27,29)(H,24,25,26). The van der Waals surface area contributed by atoms with Crippen molar-refractivity contribution < 1.29 is 18.0 Å². The van der Waals surface area contributed by atoms with Gasteiger partial charge in [-0.1, -0.05) is 31.9 Å². The Bertz CT molecular complexity index is 904. The molecule has 10 heteroatoms. The number of aromatic nitrogens is 2. The molecule has 1 aromatic heterocycles. The van der Waals surface area contributed by atoms with Crippen LogP contribution < -0.4 is 15.8 Å². The van der Waals surface area contributed by atoms with E-state index in [0.717, 1.165) is 12.8 Å². The van der Waals surface area contributed by atoms with Crippen molar-refractivity contribution in [1.29, 1.82) is 0 Å². The summed E-state index contributed by atoms with van der Waals surface area (Å²) in [6.07, 6.45) is 2.04. The summed E-state index contributed by atoms with van der Waals surface area (Å²) in [7, 11) is 0. The van der Waals surface area contributed by atoms with Gasteiger partial charge in [0.2, 0.25) is 11.9 Å². The molecule has 1 amide bonds. The first-order valence-corrected chi connectivity index (χ1v) is 9.71. The van der Waals surface area contributed by atoms with Gasteiger partial charge in [-0.25, -0.2) is 13.2 Å². The smallest absolute Gasteiger partial charge is 0.247 e. The van der Waals surface area contributed by atoms with Crippen molar-refractivity contribution in [2.45, 2.75) is 33.1 Å². The van der Waals surface area contributed by atoms with Gasteiger partial charge < -0.3 is 5.32 Å². The molecule has 1 saturated heterocycles. The molecule has 156 valence electrons. The number of rotatable bonds is 7. The molecular formula is C19H21ClF3N5O. The molecule has 29 heavy (non-hydrogen) atoms. The monoisotopic (exact) mass is 427 g/mol. The third-order valence-electron chi connectivity index (χ3n) is 4.80. The van der Waals surface area contributed by atoms with Crippen molar-refractivity contribution in [3.63, 3.8) is 0 Å². The van der Waals surface area contributed by atoms with Gasteiger partial charge in [0, 0.05) is 25.1 Å². The van der Waals surface area contributed by atoms with Crippen LogP contribution in [0.2, 0.25) is 5.15 Å².